The number of phenols is 1. The van der Waals surface area contributed by atoms with Crippen molar-refractivity contribution in [2.45, 2.75) is 19.9 Å². The number of amides is 2. The van der Waals surface area contributed by atoms with Crippen molar-refractivity contribution in [1.29, 1.82) is 0 Å². The molecule has 0 radical (unpaired) electrons. The molecule has 2 amide bonds. The summed E-state index contributed by atoms with van der Waals surface area (Å²) in [6, 6.07) is 8.97. The molecule has 142 valence electrons. The standard InChI is InChI=1S/C19H19ClFN3O3/c1-11(2)17(23-18(26)14-5-3-4-6-15(14)21)19(27)24-22-10-12-9-13(20)7-8-16(12)25/h3-11,17,25H,1-2H3,(H,23,26)(H,24,27). The van der Waals surface area contributed by atoms with Crippen LogP contribution in [-0.2, 0) is 4.79 Å². The average Bonchev–Trinajstić information content (AvgIpc) is 2.62. The first-order valence-corrected chi connectivity index (χ1v) is 8.54. The number of nitrogens with zero attached hydrogens (tertiary/aromatic N) is 1. The molecule has 0 aliphatic heterocycles. The van der Waals surface area contributed by atoms with Crippen LogP contribution in [0.1, 0.15) is 29.8 Å². The van der Waals surface area contributed by atoms with Crippen molar-refractivity contribution in [3.63, 3.8) is 0 Å². The maximum atomic E-state index is 13.7. The number of aromatic hydroxyl groups is 1. The summed E-state index contributed by atoms with van der Waals surface area (Å²) < 4.78 is 13.7. The van der Waals surface area contributed by atoms with Crippen LogP contribution in [0.25, 0.3) is 0 Å². The van der Waals surface area contributed by atoms with Gasteiger partial charge in [0.1, 0.15) is 17.6 Å². The molecule has 0 aliphatic rings. The van der Waals surface area contributed by atoms with Crippen molar-refractivity contribution in [1.82, 2.24) is 10.7 Å². The van der Waals surface area contributed by atoms with Crippen molar-refractivity contribution < 1.29 is 19.1 Å². The van der Waals surface area contributed by atoms with Crippen LogP contribution in [0.5, 0.6) is 5.75 Å². The predicted octanol–water partition coefficient (Wildman–Crippen LogP) is 3.09. The zero-order chi connectivity index (χ0) is 20.0. The van der Waals surface area contributed by atoms with E-state index >= 15 is 0 Å². The van der Waals surface area contributed by atoms with E-state index in [1.807, 2.05) is 0 Å². The van der Waals surface area contributed by atoms with Crippen LogP contribution in [0.15, 0.2) is 47.6 Å². The molecule has 0 heterocycles. The highest BCUT2D eigenvalue weighted by atomic mass is 35.5. The van der Waals surface area contributed by atoms with Crippen molar-refractivity contribution in [3.8, 4) is 5.75 Å². The Morgan fingerprint density at radius 3 is 2.59 bits per heavy atom. The number of halogens is 2. The van der Waals surface area contributed by atoms with E-state index in [1.165, 1.54) is 48.7 Å². The molecule has 2 aromatic carbocycles. The number of hydrogen-bond donors (Lipinski definition) is 3. The molecular weight excluding hydrogens is 373 g/mol. The van der Waals surface area contributed by atoms with Gasteiger partial charge in [-0.15, -0.1) is 0 Å². The lowest BCUT2D eigenvalue weighted by atomic mass is 10.0. The summed E-state index contributed by atoms with van der Waals surface area (Å²) in [7, 11) is 0. The normalized spacial score (nSPS) is 12.2. The monoisotopic (exact) mass is 391 g/mol. The topological polar surface area (TPSA) is 90.8 Å². The Hall–Kier alpha value is -2.93. The van der Waals surface area contributed by atoms with Crippen molar-refractivity contribution >= 4 is 29.6 Å². The Morgan fingerprint density at radius 2 is 1.93 bits per heavy atom. The van der Waals surface area contributed by atoms with Gasteiger partial charge in [-0.25, -0.2) is 9.82 Å². The summed E-state index contributed by atoms with van der Waals surface area (Å²) in [5.41, 5.74) is 2.47. The number of nitrogens with one attached hydrogen (secondary N) is 2. The third-order valence-electron chi connectivity index (χ3n) is 3.72. The van der Waals surface area contributed by atoms with E-state index < -0.39 is 23.7 Å². The van der Waals surface area contributed by atoms with Crippen LogP contribution in [0.3, 0.4) is 0 Å². The number of rotatable bonds is 6. The SMILES string of the molecule is CC(C)C(NC(=O)c1ccccc1F)C(=O)NN=Cc1cc(Cl)ccc1O. The summed E-state index contributed by atoms with van der Waals surface area (Å²) in [6.45, 7) is 3.47. The van der Waals surface area contributed by atoms with Gasteiger partial charge in [0.25, 0.3) is 11.8 Å². The highest BCUT2D eigenvalue weighted by Gasteiger charge is 2.25. The summed E-state index contributed by atoms with van der Waals surface area (Å²) in [5.74, 6) is -2.26. The minimum atomic E-state index is -0.929. The van der Waals surface area contributed by atoms with Crippen LogP contribution >= 0.6 is 11.6 Å². The fraction of sp³-hybridized carbons (Fsp3) is 0.211. The molecule has 2 aromatic rings. The summed E-state index contributed by atoms with van der Waals surface area (Å²) in [6.07, 6.45) is 1.23. The Morgan fingerprint density at radius 1 is 1.22 bits per heavy atom. The van der Waals surface area contributed by atoms with E-state index in [-0.39, 0.29) is 17.2 Å². The highest BCUT2D eigenvalue weighted by molar-refractivity contribution is 6.30. The maximum Gasteiger partial charge on any atom is 0.262 e. The number of hydrazone groups is 1. The van der Waals surface area contributed by atoms with Crippen molar-refractivity contribution in [2.24, 2.45) is 11.0 Å². The highest BCUT2D eigenvalue weighted by Crippen LogP contribution is 2.19. The van der Waals surface area contributed by atoms with Crippen LogP contribution in [0.2, 0.25) is 5.02 Å². The largest absolute Gasteiger partial charge is 0.507 e. The van der Waals surface area contributed by atoms with Gasteiger partial charge in [-0.05, 0) is 36.2 Å². The van der Waals surface area contributed by atoms with E-state index in [4.69, 9.17) is 11.6 Å². The lowest BCUT2D eigenvalue weighted by molar-refractivity contribution is -0.123. The average molecular weight is 392 g/mol. The summed E-state index contributed by atoms with van der Waals surface area (Å²) in [5, 5.41) is 16.4. The van der Waals surface area contributed by atoms with Crippen molar-refractivity contribution in [2.75, 3.05) is 0 Å². The molecule has 0 spiro atoms. The Labute approximate surface area is 161 Å². The second-order valence-corrected chi connectivity index (χ2v) is 6.55. The lowest BCUT2D eigenvalue weighted by Crippen LogP contribution is -2.48. The second kappa shape index (κ2) is 9.14. The Balaban J connectivity index is 2.06. The van der Waals surface area contributed by atoms with Gasteiger partial charge in [0.15, 0.2) is 0 Å². The van der Waals surface area contributed by atoms with Gasteiger partial charge >= 0.3 is 0 Å². The number of benzene rings is 2. The molecule has 2 rings (SSSR count). The van der Waals surface area contributed by atoms with Gasteiger partial charge < -0.3 is 10.4 Å². The van der Waals surface area contributed by atoms with E-state index in [9.17, 15) is 19.1 Å². The molecule has 1 atom stereocenters. The third kappa shape index (κ3) is 5.52. The molecule has 0 aliphatic carbocycles. The molecule has 6 nitrogen and oxygen atoms in total. The number of hydrogen-bond acceptors (Lipinski definition) is 4. The fourth-order valence-corrected chi connectivity index (χ4v) is 2.44. The Kier molecular flexibility index (Phi) is 6.90. The fourth-order valence-electron chi connectivity index (χ4n) is 2.26. The molecule has 3 N–H and O–H groups in total. The van der Waals surface area contributed by atoms with E-state index in [0.717, 1.165) is 0 Å². The lowest BCUT2D eigenvalue weighted by Gasteiger charge is -2.20. The molecule has 0 bridgehead atoms. The summed E-state index contributed by atoms with van der Waals surface area (Å²) >= 11 is 5.84. The van der Waals surface area contributed by atoms with Gasteiger partial charge in [-0.1, -0.05) is 37.6 Å². The smallest absolute Gasteiger partial charge is 0.262 e. The van der Waals surface area contributed by atoms with Gasteiger partial charge in [-0.3, -0.25) is 9.59 Å². The summed E-state index contributed by atoms with van der Waals surface area (Å²) in [4.78, 5) is 24.6. The molecule has 0 aromatic heterocycles. The third-order valence-corrected chi connectivity index (χ3v) is 3.96. The molecule has 0 saturated heterocycles. The first kappa shape index (κ1) is 20.4. The molecule has 0 fully saturated rings. The number of phenolic OH excluding ortho intramolecular Hbond substituents is 1. The minimum Gasteiger partial charge on any atom is -0.507 e. The van der Waals surface area contributed by atoms with Gasteiger partial charge in [0.05, 0.1) is 11.8 Å². The van der Waals surface area contributed by atoms with Gasteiger partial charge in [0, 0.05) is 10.6 Å². The molecule has 1 unspecified atom stereocenters. The zero-order valence-electron chi connectivity index (χ0n) is 14.7. The molecule has 27 heavy (non-hydrogen) atoms. The first-order chi connectivity index (χ1) is 12.8. The molecule has 8 heteroatoms. The van der Waals surface area contributed by atoms with Crippen LogP contribution in [-0.4, -0.2) is 29.2 Å². The Bertz CT molecular complexity index is 871. The van der Waals surface area contributed by atoms with E-state index in [1.54, 1.807) is 13.8 Å². The molecule has 0 saturated carbocycles. The quantitative estimate of drug-likeness (QED) is 0.522. The van der Waals surface area contributed by atoms with E-state index in [2.05, 4.69) is 15.8 Å². The van der Waals surface area contributed by atoms with E-state index in [0.29, 0.717) is 10.6 Å². The van der Waals surface area contributed by atoms with Crippen molar-refractivity contribution in [3.05, 3.63) is 64.4 Å². The first-order valence-electron chi connectivity index (χ1n) is 8.16. The zero-order valence-corrected chi connectivity index (χ0v) is 15.5. The van der Waals surface area contributed by atoms with Gasteiger partial charge in [-0.2, -0.15) is 5.10 Å². The second-order valence-electron chi connectivity index (χ2n) is 6.11. The van der Waals surface area contributed by atoms with Gasteiger partial charge in [0.2, 0.25) is 0 Å². The van der Waals surface area contributed by atoms with Crippen LogP contribution < -0.4 is 10.7 Å². The molecular formula is C19H19ClFN3O3. The van der Waals surface area contributed by atoms with Crippen LogP contribution in [0, 0.1) is 11.7 Å². The minimum absolute atomic E-state index is 0.0503. The van der Waals surface area contributed by atoms with Crippen LogP contribution in [0.4, 0.5) is 4.39 Å². The predicted molar refractivity (Wildman–Crippen MR) is 101 cm³/mol. The number of carbonyl (C=O) groups excluding carboxylic acids is 2. The number of carbonyl (C=O) groups is 2. The maximum absolute atomic E-state index is 13.7.